The summed E-state index contributed by atoms with van der Waals surface area (Å²) in [6, 6.07) is 11.3. The zero-order valence-electron chi connectivity index (χ0n) is 14.1. The van der Waals surface area contributed by atoms with Crippen molar-refractivity contribution in [3.63, 3.8) is 0 Å². The standard InChI is InChI=1S/C19H19N5O/c1-11(2)9-24-19-16(18(20)21-10-22-19)17(23-24)14-4-3-13-8-15(25)6-5-12(13)7-14/h3-8,10-11,25H,9H2,1-2H3,(H2,20,21,22). The Morgan fingerprint density at radius 1 is 1.08 bits per heavy atom. The molecule has 0 bridgehead atoms. The number of nitrogen functional groups attached to an aromatic ring is 1. The van der Waals surface area contributed by atoms with E-state index in [0.29, 0.717) is 11.7 Å². The third kappa shape index (κ3) is 2.65. The van der Waals surface area contributed by atoms with Gasteiger partial charge >= 0.3 is 0 Å². The van der Waals surface area contributed by atoms with Crippen LogP contribution in [0.2, 0.25) is 0 Å². The molecule has 0 aliphatic heterocycles. The molecular formula is C19H19N5O. The average molecular weight is 333 g/mol. The molecule has 0 radical (unpaired) electrons. The lowest BCUT2D eigenvalue weighted by molar-refractivity contribution is 0.476. The predicted octanol–water partition coefficient (Wildman–Crippen LogP) is 3.59. The first-order valence-corrected chi connectivity index (χ1v) is 8.23. The Labute approximate surface area is 144 Å². The molecule has 2 heterocycles. The van der Waals surface area contributed by atoms with Gasteiger partial charge in [0, 0.05) is 12.1 Å². The zero-order chi connectivity index (χ0) is 17.6. The first-order valence-electron chi connectivity index (χ1n) is 8.23. The maximum absolute atomic E-state index is 9.63. The number of phenols is 1. The maximum Gasteiger partial charge on any atom is 0.163 e. The lowest BCUT2D eigenvalue weighted by Gasteiger charge is -2.05. The SMILES string of the molecule is CC(C)Cn1nc(-c2ccc3cc(O)ccc3c2)c2c(N)ncnc21. The minimum absolute atomic E-state index is 0.254. The summed E-state index contributed by atoms with van der Waals surface area (Å²) in [5.41, 5.74) is 8.62. The number of fused-ring (bicyclic) bond motifs is 2. The van der Waals surface area contributed by atoms with Crippen molar-refractivity contribution in [2.75, 3.05) is 5.73 Å². The molecule has 2 aromatic heterocycles. The smallest absolute Gasteiger partial charge is 0.163 e. The van der Waals surface area contributed by atoms with Crippen molar-refractivity contribution in [1.82, 2.24) is 19.7 Å². The highest BCUT2D eigenvalue weighted by molar-refractivity contribution is 6.00. The van der Waals surface area contributed by atoms with Gasteiger partial charge in [0.1, 0.15) is 23.6 Å². The van der Waals surface area contributed by atoms with E-state index in [9.17, 15) is 5.11 Å². The van der Waals surface area contributed by atoms with E-state index in [1.165, 1.54) is 6.33 Å². The van der Waals surface area contributed by atoms with Gasteiger partial charge in [0.2, 0.25) is 0 Å². The van der Waals surface area contributed by atoms with Gasteiger partial charge in [-0.05, 0) is 34.9 Å². The molecule has 0 spiro atoms. The fraction of sp³-hybridized carbons (Fsp3) is 0.211. The molecule has 3 N–H and O–H groups in total. The summed E-state index contributed by atoms with van der Waals surface area (Å²) in [7, 11) is 0. The lowest BCUT2D eigenvalue weighted by atomic mass is 10.0. The summed E-state index contributed by atoms with van der Waals surface area (Å²) in [5, 5.41) is 17.2. The number of nitrogens with two attached hydrogens (primary N) is 1. The molecular weight excluding hydrogens is 314 g/mol. The molecule has 4 rings (SSSR count). The van der Waals surface area contributed by atoms with E-state index in [0.717, 1.165) is 39.6 Å². The monoisotopic (exact) mass is 333 g/mol. The molecule has 4 aromatic rings. The van der Waals surface area contributed by atoms with Gasteiger partial charge in [-0.3, -0.25) is 0 Å². The van der Waals surface area contributed by atoms with Crippen LogP contribution in [0.15, 0.2) is 42.7 Å². The lowest BCUT2D eigenvalue weighted by Crippen LogP contribution is -2.07. The fourth-order valence-electron chi connectivity index (χ4n) is 3.09. The summed E-state index contributed by atoms with van der Waals surface area (Å²) in [5.74, 6) is 1.12. The molecule has 0 saturated heterocycles. The van der Waals surface area contributed by atoms with E-state index >= 15 is 0 Å². The Morgan fingerprint density at radius 2 is 1.84 bits per heavy atom. The van der Waals surface area contributed by atoms with Crippen molar-refractivity contribution in [3.8, 4) is 17.0 Å². The minimum Gasteiger partial charge on any atom is -0.508 e. The predicted molar refractivity (Wildman–Crippen MR) is 99.2 cm³/mol. The van der Waals surface area contributed by atoms with E-state index in [1.54, 1.807) is 12.1 Å². The van der Waals surface area contributed by atoms with E-state index in [2.05, 4.69) is 23.8 Å². The molecule has 0 amide bonds. The number of anilines is 1. The Hall–Kier alpha value is -3.15. The number of phenolic OH excluding ortho intramolecular Hbond substituents is 1. The Kier molecular flexibility index (Phi) is 3.53. The molecule has 6 heteroatoms. The van der Waals surface area contributed by atoms with Crippen molar-refractivity contribution in [1.29, 1.82) is 0 Å². The molecule has 2 aromatic carbocycles. The zero-order valence-corrected chi connectivity index (χ0v) is 14.1. The van der Waals surface area contributed by atoms with Crippen LogP contribution in [0.3, 0.4) is 0 Å². The van der Waals surface area contributed by atoms with Crippen LogP contribution in [0, 0.1) is 5.92 Å². The van der Waals surface area contributed by atoms with E-state index in [1.807, 2.05) is 28.9 Å². The third-order valence-corrected chi connectivity index (χ3v) is 4.19. The molecule has 0 unspecified atom stereocenters. The summed E-state index contributed by atoms with van der Waals surface area (Å²) in [6.45, 7) is 5.04. The van der Waals surface area contributed by atoms with Crippen LogP contribution in [-0.2, 0) is 6.54 Å². The van der Waals surface area contributed by atoms with Gasteiger partial charge < -0.3 is 10.8 Å². The van der Waals surface area contributed by atoms with Gasteiger partial charge in [0.15, 0.2) is 5.65 Å². The highest BCUT2D eigenvalue weighted by Crippen LogP contribution is 2.32. The summed E-state index contributed by atoms with van der Waals surface area (Å²) >= 11 is 0. The largest absolute Gasteiger partial charge is 0.508 e. The number of benzene rings is 2. The molecule has 0 atom stereocenters. The van der Waals surface area contributed by atoms with Crippen molar-refractivity contribution in [2.45, 2.75) is 20.4 Å². The van der Waals surface area contributed by atoms with Crippen molar-refractivity contribution < 1.29 is 5.11 Å². The van der Waals surface area contributed by atoms with Crippen molar-refractivity contribution in [2.24, 2.45) is 5.92 Å². The van der Waals surface area contributed by atoms with Crippen molar-refractivity contribution in [3.05, 3.63) is 42.7 Å². The van der Waals surface area contributed by atoms with Crippen molar-refractivity contribution >= 4 is 27.6 Å². The number of nitrogens with zero attached hydrogens (tertiary/aromatic N) is 4. The highest BCUT2D eigenvalue weighted by atomic mass is 16.3. The van der Waals surface area contributed by atoms with Gasteiger partial charge in [-0.2, -0.15) is 5.10 Å². The van der Waals surface area contributed by atoms with Gasteiger partial charge in [-0.15, -0.1) is 0 Å². The molecule has 0 saturated carbocycles. The van der Waals surface area contributed by atoms with Crippen LogP contribution < -0.4 is 5.73 Å². The molecule has 0 fully saturated rings. The van der Waals surface area contributed by atoms with Crippen LogP contribution in [0.5, 0.6) is 5.75 Å². The second kappa shape index (κ2) is 5.73. The van der Waals surface area contributed by atoms with E-state index in [-0.39, 0.29) is 5.75 Å². The number of rotatable bonds is 3. The summed E-state index contributed by atoms with van der Waals surface area (Å²) in [6.07, 6.45) is 1.48. The quantitative estimate of drug-likeness (QED) is 0.598. The Balaban J connectivity index is 1.95. The van der Waals surface area contributed by atoms with E-state index < -0.39 is 0 Å². The Bertz CT molecular complexity index is 1080. The Morgan fingerprint density at radius 3 is 2.64 bits per heavy atom. The van der Waals surface area contributed by atoms with Crippen LogP contribution in [0.25, 0.3) is 33.1 Å². The second-order valence-electron chi connectivity index (χ2n) is 6.63. The normalized spacial score (nSPS) is 11.6. The number of aromatic nitrogens is 4. The molecule has 0 aliphatic rings. The van der Waals surface area contributed by atoms with E-state index in [4.69, 9.17) is 10.8 Å². The van der Waals surface area contributed by atoms with Crippen LogP contribution in [-0.4, -0.2) is 24.9 Å². The molecule has 0 aliphatic carbocycles. The summed E-state index contributed by atoms with van der Waals surface area (Å²) < 4.78 is 1.90. The molecule has 126 valence electrons. The number of hydrogen-bond acceptors (Lipinski definition) is 5. The third-order valence-electron chi connectivity index (χ3n) is 4.19. The second-order valence-corrected chi connectivity index (χ2v) is 6.63. The number of hydrogen-bond donors (Lipinski definition) is 2. The van der Waals surface area contributed by atoms with Crippen LogP contribution in [0.4, 0.5) is 5.82 Å². The van der Waals surface area contributed by atoms with Gasteiger partial charge in [0.25, 0.3) is 0 Å². The van der Waals surface area contributed by atoms with Crippen LogP contribution in [0.1, 0.15) is 13.8 Å². The van der Waals surface area contributed by atoms with Gasteiger partial charge in [-0.1, -0.05) is 32.0 Å². The van der Waals surface area contributed by atoms with Gasteiger partial charge in [0.05, 0.1) is 5.39 Å². The number of aromatic hydroxyl groups is 1. The van der Waals surface area contributed by atoms with Gasteiger partial charge in [-0.25, -0.2) is 14.6 Å². The molecule has 25 heavy (non-hydrogen) atoms. The molecule has 6 nitrogen and oxygen atoms in total. The summed E-state index contributed by atoms with van der Waals surface area (Å²) in [4.78, 5) is 8.53. The maximum atomic E-state index is 9.63. The highest BCUT2D eigenvalue weighted by Gasteiger charge is 2.17. The first-order chi connectivity index (χ1) is 12.0. The minimum atomic E-state index is 0.254. The van der Waals surface area contributed by atoms with Crippen LogP contribution >= 0.6 is 0 Å². The fourth-order valence-corrected chi connectivity index (χ4v) is 3.09. The topological polar surface area (TPSA) is 89.8 Å². The first kappa shape index (κ1) is 15.4. The average Bonchev–Trinajstić information content (AvgIpc) is 2.94.